The first-order valence-electron chi connectivity index (χ1n) is 9.13. The molecule has 1 aliphatic rings. The molecule has 0 spiro atoms. The molecule has 1 aromatic carbocycles. The Morgan fingerprint density at radius 3 is 2.59 bits per heavy atom. The Hall–Kier alpha value is -1.88. The van der Waals surface area contributed by atoms with E-state index < -0.39 is 15.9 Å². The lowest BCUT2D eigenvalue weighted by molar-refractivity contribution is -0.114. The van der Waals surface area contributed by atoms with Crippen molar-refractivity contribution in [1.29, 1.82) is 0 Å². The molecule has 156 valence electrons. The quantitative estimate of drug-likeness (QED) is 0.701. The summed E-state index contributed by atoms with van der Waals surface area (Å²) in [6.07, 6.45) is 0. The Morgan fingerprint density at radius 1 is 1.17 bits per heavy atom. The second-order valence-electron chi connectivity index (χ2n) is 6.63. The van der Waals surface area contributed by atoms with Crippen molar-refractivity contribution in [1.82, 2.24) is 9.62 Å². The fraction of sp³-hybridized carbons (Fsp3) is 0.368. The molecule has 0 radical (unpaired) electrons. The highest BCUT2D eigenvalue weighted by Gasteiger charge is 2.31. The van der Waals surface area contributed by atoms with Gasteiger partial charge in [0.25, 0.3) is 5.91 Å². The highest BCUT2D eigenvalue weighted by Crippen LogP contribution is 2.28. The summed E-state index contributed by atoms with van der Waals surface area (Å²) in [6, 6.07) is 8.31. The van der Waals surface area contributed by atoms with Gasteiger partial charge in [0.2, 0.25) is 15.9 Å². The molecule has 2 heterocycles. The van der Waals surface area contributed by atoms with Crippen LogP contribution in [0.15, 0.2) is 40.6 Å². The molecule has 2 aromatic rings. The van der Waals surface area contributed by atoms with Gasteiger partial charge in [0, 0.05) is 37.2 Å². The zero-order chi connectivity index (χ0) is 21.0. The van der Waals surface area contributed by atoms with Gasteiger partial charge in [-0.2, -0.15) is 16.1 Å². The molecule has 3 rings (SSSR count). The number of rotatable bonds is 6. The van der Waals surface area contributed by atoms with Crippen LogP contribution in [-0.4, -0.2) is 49.1 Å². The van der Waals surface area contributed by atoms with Gasteiger partial charge in [-0.3, -0.25) is 9.59 Å². The molecule has 1 unspecified atom stereocenters. The Morgan fingerprint density at radius 2 is 1.90 bits per heavy atom. The first kappa shape index (κ1) is 21.8. The third kappa shape index (κ3) is 5.19. The van der Waals surface area contributed by atoms with E-state index in [9.17, 15) is 18.0 Å². The molecule has 1 fully saturated rings. The minimum absolute atomic E-state index is 0.0612. The average molecular weight is 454 g/mol. The van der Waals surface area contributed by atoms with E-state index in [-0.39, 0.29) is 21.7 Å². The van der Waals surface area contributed by atoms with E-state index in [0.29, 0.717) is 18.8 Å². The maximum absolute atomic E-state index is 13.0. The lowest BCUT2D eigenvalue weighted by atomic mass is 10.1. The molecule has 2 N–H and O–H groups in total. The van der Waals surface area contributed by atoms with Crippen molar-refractivity contribution in [3.63, 3.8) is 0 Å². The molecule has 29 heavy (non-hydrogen) atoms. The number of carbonyl (C=O) groups is 2. The molecular formula is C19H23N3O4S3. The van der Waals surface area contributed by atoms with Crippen molar-refractivity contribution in [2.75, 3.05) is 29.9 Å². The molecule has 10 heteroatoms. The molecule has 2 amide bonds. The van der Waals surface area contributed by atoms with Crippen molar-refractivity contribution < 1.29 is 18.0 Å². The molecule has 0 saturated carbocycles. The van der Waals surface area contributed by atoms with Crippen LogP contribution in [0.5, 0.6) is 0 Å². The topological polar surface area (TPSA) is 95.6 Å². The number of hydrogen-bond donors (Lipinski definition) is 2. The summed E-state index contributed by atoms with van der Waals surface area (Å²) >= 11 is 2.84. The monoisotopic (exact) mass is 453 g/mol. The van der Waals surface area contributed by atoms with Crippen LogP contribution < -0.4 is 10.6 Å². The van der Waals surface area contributed by atoms with Gasteiger partial charge in [-0.15, -0.1) is 11.3 Å². The van der Waals surface area contributed by atoms with Crippen molar-refractivity contribution >= 4 is 50.6 Å². The minimum atomic E-state index is -3.69. The van der Waals surface area contributed by atoms with Gasteiger partial charge < -0.3 is 10.6 Å². The van der Waals surface area contributed by atoms with E-state index in [1.807, 2.05) is 13.0 Å². The van der Waals surface area contributed by atoms with Crippen molar-refractivity contribution in [2.45, 2.75) is 24.8 Å². The number of thioether (sulfide) groups is 1. The number of amides is 2. The third-order valence-electron chi connectivity index (χ3n) is 4.48. The summed E-state index contributed by atoms with van der Waals surface area (Å²) < 4.78 is 27.4. The van der Waals surface area contributed by atoms with E-state index in [4.69, 9.17) is 0 Å². The van der Waals surface area contributed by atoms with Crippen LogP contribution in [0, 0.1) is 0 Å². The van der Waals surface area contributed by atoms with E-state index in [2.05, 4.69) is 10.6 Å². The number of nitrogens with zero attached hydrogens (tertiary/aromatic N) is 1. The van der Waals surface area contributed by atoms with Gasteiger partial charge in [0.1, 0.15) is 9.77 Å². The van der Waals surface area contributed by atoms with Crippen LogP contribution in [0.4, 0.5) is 5.69 Å². The summed E-state index contributed by atoms with van der Waals surface area (Å²) in [4.78, 5) is 24.3. The minimum Gasteiger partial charge on any atom is -0.345 e. The Bertz CT molecular complexity index is 998. The molecule has 1 aromatic heterocycles. The smallest absolute Gasteiger partial charge is 0.263 e. The number of anilines is 1. The maximum Gasteiger partial charge on any atom is 0.263 e. The summed E-state index contributed by atoms with van der Waals surface area (Å²) in [5.41, 5.74) is 1.44. The normalized spacial score (nSPS) is 16.2. The molecule has 1 aliphatic heterocycles. The predicted molar refractivity (Wildman–Crippen MR) is 117 cm³/mol. The van der Waals surface area contributed by atoms with E-state index >= 15 is 0 Å². The van der Waals surface area contributed by atoms with Crippen LogP contribution >= 0.6 is 23.1 Å². The van der Waals surface area contributed by atoms with Crippen molar-refractivity contribution in [3.8, 4) is 0 Å². The summed E-state index contributed by atoms with van der Waals surface area (Å²) in [5.74, 6) is 0.907. The number of thiophene rings is 1. The van der Waals surface area contributed by atoms with Gasteiger partial charge in [-0.05, 0) is 36.1 Å². The van der Waals surface area contributed by atoms with E-state index in [0.717, 1.165) is 28.4 Å². The Labute approximate surface area is 178 Å². The average Bonchev–Trinajstić information content (AvgIpc) is 3.19. The number of benzene rings is 1. The molecular weight excluding hydrogens is 430 g/mol. The molecule has 1 atom stereocenters. The zero-order valence-corrected chi connectivity index (χ0v) is 18.6. The summed E-state index contributed by atoms with van der Waals surface area (Å²) in [5, 5.41) is 7.20. The van der Waals surface area contributed by atoms with Gasteiger partial charge >= 0.3 is 0 Å². The van der Waals surface area contributed by atoms with Gasteiger partial charge in [0.05, 0.1) is 6.04 Å². The van der Waals surface area contributed by atoms with Crippen LogP contribution in [0.1, 0.15) is 35.1 Å². The van der Waals surface area contributed by atoms with Gasteiger partial charge in [-0.25, -0.2) is 8.42 Å². The fourth-order valence-electron chi connectivity index (χ4n) is 3.03. The maximum atomic E-state index is 13.0. The lowest BCUT2D eigenvalue weighted by Gasteiger charge is -2.25. The van der Waals surface area contributed by atoms with Crippen molar-refractivity contribution in [3.05, 3.63) is 46.2 Å². The molecule has 7 nitrogen and oxygen atoms in total. The predicted octanol–water partition coefficient (Wildman–Crippen LogP) is 2.94. The highest BCUT2D eigenvalue weighted by molar-refractivity contribution is 7.99. The highest BCUT2D eigenvalue weighted by atomic mass is 32.2. The number of nitrogens with one attached hydrogen (secondary N) is 2. The third-order valence-corrected chi connectivity index (χ3v) is 8.40. The second kappa shape index (κ2) is 9.29. The SMILES string of the molecule is CC(=O)Nc1cccc(C(C)NC(=O)c2sccc2S(=O)(=O)N2CCSCC2)c1. The molecule has 0 aliphatic carbocycles. The Kier molecular flexibility index (Phi) is 6.99. The molecule has 1 saturated heterocycles. The largest absolute Gasteiger partial charge is 0.345 e. The van der Waals surface area contributed by atoms with Crippen LogP contribution in [0.2, 0.25) is 0 Å². The fourth-order valence-corrected chi connectivity index (χ4v) is 6.91. The van der Waals surface area contributed by atoms with E-state index in [1.165, 1.54) is 17.3 Å². The first-order valence-corrected chi connectivity index (χ1v) is 12.6. The lowest BCUT2D eigenvalue weighted by Crippen LogP contribution is -2.38. The zero-order valence-electron chi connectivity index (χ0n) is 16.2. The van der Waals surface area contributed by atoms with Crippen molar-refractivity contribution in [2.24, 2.45) is 0 Å². The second-order valence-corrected chi connectivity index (χ2v) is 10.7. The van der Waals surface area contributed by atoms with Crippen LogP contribution in [0.25, 0.3) is 0 Å². The molecule has 0 bridgehead atoms. The van der Waals surface area contributed by atoms with Crippen LogP contribution in [-0.2, 0) is 14.8 Å². The van der Waals surface area contributed by atoms with Gasteiger partial charge in [-0.1, -0.05) is 12.1 Å². The number of hydrogen-bond acceptors (Lipinski definition) is 6. The number of sulfonamides is 1. The van der Waals surface area contributed by atoms with Crippen LogP contribution in [0.3, 0.4) is 0 Å². The summed E-state index contributed by atoms with van der Waals surface area (Å²) in [6.45, 7) is 4.15. The van der Waals surface area contributed by atoms with E-state index in [1.54, 1.807) is 35.3 Å². The Balaban J connectivity index is 1.77. The standard InChI is InChI=1S/C19H23N3O4S3/c1-13(15-4-3-5-16(12-15)21-14(2)23)20-19(24)18-17(6-9-28-18)29(25,26)22-7-10-27-11-8-22/h3-6,9,12-13H,7-8,10-11H2,1-2H3,(H,20,24)(H,21,23). The van der Waals surface area contributed by atoms with Gasteiger partial charge in [0.15, 0.2) is 0 Å². The first-order chi connectivity index (χ1) is 13.8. The number of carbonyl (C=O) groups excluding carboxylic acids is 2. The summed E-state index contributed by atoms with van der Waals surface area (Å²) in [7, 11) is -3.69.